The minimum absolute atomic E-state index is 0. The van der Waals surface area contributed by atoms with E-state index in [-0.39, 0.29) is 18.3 Å². The van der Waals surface area contributed by atoms with Gasteiger partial charge in [0.05, 0.1) is 0 Å². The molecule has 94 valence electrons. The lowest BCUT2D eigenvalue weighted by Gasteiger charge is -2.28. The number of nitrogens with one attached hydrogen (secondary N) is 2. The van der Waals surface area contributed by atoms with Crippen molar-refractivity contribution in [2.45, 2.75) is 57.5 Å². The summed E-state index contributed by atoms with van der Waals surface area (Å²) in [4.78, 5) is 12.0. The lowest BCUT2D eigenvalue weighted by atomic mass is 9.92. The topological polar surface area (TPSA) is 41.1 Å². The molecular weight excluding hydrogens is 224 g/mol. The van der Waals surface area contributed by atoms with Gasteiger partial charge in [0.2, 0.25) is 5.91 Å². The highest BCUT2D eigenvalue weighted by Gasteiger charge is 2.26. The molecule has 1 saturated heterocycles. The van der Waals surface area contributed by atoms with Gasteiger partial charge in [-0.05, 0) is 39.2 Å². The van der Waals surface area contributed by atoms with Crippen LogP contribution < -0.4 is 10.6 Å². The fraction of sp³-hybridized carbons (Fsp3) is 0.917. The van der Waals surface area contributed by atoms with Crippen LogP contribution in [0, 0.1) is 5.92 Å². The van der Waals surface area contributed by atoms with E-state index in [1.807, 2.05) is 0 Å². The van der Waals surface area contributed by atoms with E-state index in [0.29, 0.717) is 18.0 Å². The van der Waals surface area contributed by atoms with Crippen LogP contribution in [0.25, 0.3) is 0 Å². The number of amides is 1. The van der Waals surface area contributed by atoms with Crippen molar-refractivity contribution in [1.29, 1.82) is 0 Å². The molecule has 4 heteroatoms. The number of carbonyl (C=O) groups excluding carboxylic acids is 1. The number of hydrogen-bond donors (Lipinski definition) is 2. The van der Waals surface area contributed by atoms with E-state index < -0.39 is 0 Å². The fourth-order valence-corrected chi connectivity index (χ4v) is 2.76. The van der Waals surface area contributed by atoms with Crippen LogP contribution in [0.2, 0.25) is 0 Å². The van der Waals surface area contributed by atoms with Gasteiger partial charge < -0.3 is 10.6 Å². The lowest BCUT2D eigenvalue weighted by Crippen LogP contribution is -2.44. The van der Waals surface area contributed by atoms with Crippen molar-refractivity contribution in [1.82, 2.24) is 10.6 Å². The zero-order valence-corrected chi connectivity index (χ0v) is 10.8. The van der Waals surface area contributed by atoms with Gasteiger partial charge in [0.25, 0.3) is 0 Å². The molecule has 1 aliphatic heterocycles. The van der Waals surface area contributed by atoms with Crippen LogP contribution in [0.5, 0.6) is 0 Å². The van der Waals surface area contributed by atoms with Crippen LogP contribution in [-0.4, -0.2) is 24.5 Å². The second kappa shape index (κ2) is 6.45. The number of rotatable bonds is 2. The van der Waals surface area contributed by atoms with E-state index in [1.165, 1.54) is 25.7 Å². The average molecular weight is 247 g/mol. The minimum atomic E-state index is 0. The summed E-state index contributed by atoms with van der Waals surface area (Å²) in [7, 11) is 0. The minimum Gasteiger partial charge on any atom is -0.353 e. The molecule has 2 aliphatic rings. The average Bonchev–Trinajstić information content (AvgIpc) is 2.70. The van der Waals surface area contributed by atoms with Crippen LogP contribution in [0.15, 0.2) is 0 Å². The van der Waals surface area contributed by atoms with Gasteiger partial charge >= 0.3 is 0 Å². The van der Waals surface area contributed by atoms with Crippen molar-refractivity contribution in [2.75, 3.05) is 6.54 Å². The summed E-state index contributed by atoms with van der Waals surface area (Å²) in [5, 5.41) is 6.58. The summed E-state index contributed by atoms with van der Waals surface area (Å²) in [5.74, 6) is 0.553. The standard InChI is InChI=1S/C12H22N2O.ClH/c1-9-8-10(6-7-13-9)12(15)14-11-4-2-3-5-11;/h9-11,13H,2-8H2,1H3,(H,14,15);1H/t9-,10-;/m0./s1. The lowest BCUT2D eigenvalue weighted by molar-refractivity contribution is -0.126. The Labute approximate surface area is 104 Å². The van der Waals surface area contributed by atoms with Crippen molar-refractivity contribution >= 4 is 18.3 Å². The van der Waals surface area contributed by atoms with Crippen molar-refractivity contribution in [3.05, 3.63) is 0 Å². The maximum absolute atomic E-state index is 12.0. The number of piperidine rings is 1. The Balaban J connectivity index is 0.00000128. The molecule has 2 atom stereocenters. The molecule has 3 nitrogen and oxygen atoms in total. The first-order valence-electron chi connectivity index (χ1n) is 6.29. The first-order chi connectivity index (χ1) is 7.25. The Morgan fingerprint density at radius 3 is 2.56 bits per heavy atom. The molecule has 16 heavy (non-hydrogen) atoms. The first-order valence-corrected chi connectivity index (χ1v) is 6.29. The molecule has 2 fully saturated rings. The second-order valence-corrected chi connectivity index (χ2v) is 5.07. The highest BCUT2D eigenvalue weighted by Crippen LogP contribution is 2.20. The van der Waals surface area contributed by atoms with Gasteiger partial charge in [-0.2, -0.15) is 0 Å². The second-order valence-electron chi connectivity index (χ2n) is 5.07. The number of hydrogen-bond acceptors (Lipinski definition) is 2. The van der Waals surface area contributed by atoms with Gasteiger partial charge in [-0.3, -0.25) is 4.79 Å². The number of carbonyl (C=O) groups is 1. The Morgan fingerprint density at radius 2 is 1.94 bits per heavy atom. The molecule has 0 radical (unpaired) electrons. The van der Waals surface area contributed by atoms with Crippen LogP contribution in [-0.2, 0) is 4.79 Å². The largest absolute Gasteiger partial charge is 0.353 e. The van der Waals surface area contributed by atoms with E-state index in [4.69, 9.17) is 0 Å². The molecule has 2 rings (SSSR count). The predicted octanol–water partition coefficient (Wildman–Crippen LogP) is 1.86. The highest BCUT2D eigenvalue weighted by molar-refractivity contribution is 5.85. The Bertz CT molecular complexity index is 229. The van der Waals surface area contributed by atoms with E-state index in [2.05, 4.69) is 17.6 Å². The van der Waals surface area contributed by atoms with E-state index in [9.17, 15) is 4.79 Å². The normalized spacial score (nSPS) is 30.8. The van der Waals surface area contributed by atoms with Crippen molar-refractivity contribution in [3.8, 4) is 0 Å². The first kappa shape index (κ1) is 13.8. The molecule has 2 N–H and O–H groups in total. The van der Waals surface area contributed by atoms with Gasteiger partial charge in [-0.15, -0.1) is 12.4 Å². The molecule has 0 aromatic carbocycles. The fourth-order valence-electron chi connectivity index (χ4n) is 2.76. The Hall–Kier alpha value is -0.280. The van der Waals surface area contributed by atoms with Crippen LogP contribution >= 0.6 is 12.4 Å². The summed E-state index contributed by atoms with van der Waals surface area (Å²) in [5.41, 5.74) is 0. The highest BCUT2D eigenvalue weighted by atomic mass is 35.5. The Kier molecular flexibility index (Phi) is 5.56. The van der Waals surface area contributed by atoms with E-state index >= 15 is 0 Å². The van der Waals surface area contributed by atoms with Gasteiger partial charge in [-0.1, -0.05) is 12.8 Å². The molecule has 0 aromatic rings. The van der Waals surface area contributed by atoms with E-state index in [1.54, 1.807) is 0 Å². The van der Waals surface area contributed by atoms with Crippen LogP contribution in [0.1, 0.15) is 45.4 Å². The maximum atomic E-state index is 12.0. The van der Waals surface area contributed by atoms with Crippen molar-refractivity contribution in [3.63, 3.8) is 0 Å². The quantitative estimate of drug-likeness (QED) is 0.781. The molecule has 0 aromatic heterocycles. The third-order valence-electron chi connectivity index (χ3n) is 3.70. The molecule has 1 amide bonds. The van der Waals surface area contributed by atoms with E-state index in [0.717, 1.165) is 19.4 Å². The molecule has 1 saturated carbocycles. The van der Waals surface area contributed by atoms with Gasteiger partial charge in [0.15, 0.2) is 0 Å². The molecule has 1 aliphatic carbocycles. The van der Waals surface area contributed by atoms with Crippen LogP contribution in [0.4, 0.5) is 0 Å². The number of halogens is 1. The zero-order chi connectivity index (χ0) is 10.7. The molecule has 1 heterocycles. The monoisotopic (exact) mass is 246 g/mol. The summed E-state index contributed by atoms with van der Waals surface area (Å²) in [6.07, 6.45) is 6.95. The predicted molar refractivity (Wildman–Crippen MR) is 67.8 cm³/mol. The summed E-state index contributed by atoms with van der Waals surface area (Å²) < 4.78 is 0. The third-order valence-corrected chi connectivity index (χ3v) is 3.70. The summed E-state index contributed by atoms with van der Waals surface area (Å²) in [6, 6.07) is 0.973. The third kappa shape index (κ3) is 3.63. The zero-order valence-electron chi connectivity index (χ0n) is 10.00. The van der Waals surface area contributed by atoms with Crippen molar-refractivity contribution < 1.29 is 4.79 Å². The SMILES string of the molecule is C[C@H]1C[C@@H](C(=O)NC2CCCC2)CCN1.Cl. The van der Waals surface area contributed by atoms with Gasteiger partial charge in [-0.25, -0.2) is 0 Å². The Morgan fingerprint density at radius 1 is 1.25 bits per heavy atom. The molecular formula is C12H23ClN2O. The van der Waals surface area contributed by atoms with Gasteiger partial charge in [0, 0.05) is 18.0 Å². The molecule has 0 bridgehead atoms. The molecule has 0 unspecified atom stereocenters. The van der Waals surface area contributed by atoms with Crippen molar-refractivity contribution in [2.24, 2.45) is 5.92 Å². The molecule has 0 spiro atoms. The van der Waals surface area contributed by atoms with Crippen LogP contribution in [0.3, 0.4) is 0 Å². The maximum Gasteiger partial charge on any atom is 0.223 e. The smallest absolute Gasteiger partial charge is 0.223 e. The summed E-state index contributed by atoms with van der Waals surface area (Å²) >= 11 is 0. The van der Waals surface area contributed by atoms with Gasteiger partial charge in [0.1, 0.15) is 0 Å². The summed E-state index contributed by atoms with van der Waals surface area (Å²) in [6.45, 7) is 3.15.